The van der Waals surface area contributed by atoms with Crippen LogP contribution in [0.3, 0.4) is 0 Å². The van der Waals surface area contributed by atoms with Crippen molar-refractivity contribution < 1.29 is 19.5 Å². The van der Waals surface area contributed by atoms with E-state index in [0.29, 0.717) is 24.3 Å². The Hall–Kier alpha value is -2.99. The van der Waals surface area contributed by atoms with Crippen LogP contribution in [0.5, 0.6) is 0 Å². The SMILES string of the molecule is CC(C)C[C@H](NC(=O)Cc1ccccc1)C(=O)N[C@@H](CC1CCCCC1)C(=O)C(O)c1ccccc1. The molecule has 6 nitrogen and oxygen atoms in total. The molecule has 1 unspecified atom stereocenters. The molecule has 0 aliphatic heterocycles. The van der Waals surface area contributed by atoms with Crippen LogP contribution in [0.1, 0.15) is 76.0 Å². The van der Waals surface area contributed by atoms with Gasteiger partial charge in [-0.2, -0.15) is 0 Å². The highest BCUT2D eigenvalue weighted by Crippen LogP contribution is 2.29. The number of aliphatic hydroxyl groups is 1. The predicted molar refractivity (Wildman–Crippen MR) is 141 cm³/mol. The molecule has 1 saturated carbocycles. The largest absolute Gasteiger partial charge is 0.380 e. The van der Waals surface area contributed by atoms with Crippen LogP contribution in [0.2, 0.25) is 0 Å². The van der Waals surface area contributed by atoms with E-state index in [1.807, 2.05) is 50.2 Å². The van der Waals surface area contributed by atoms with E-state index in [0.717, 1.165) is 31.2 Å². The average Bonchev–Trinajstić information content (AvgIpc) is 2.88. The Morgan fingerprint density at radius 2 is 1.47 bits per heavy atom. The molecule has 2 aromatic carbocycles. The lowest BCUT2D eigenvalue weighted by Gasteiger charge is -2.29. The Labute approximate surface area is 214 Å². The summed E-state index contributed by atoms with van der Waals surface area (Å²) in [6, 6.07) is 16.7. The van der Waals surface area contributed by atoms with E-state index in [2.05, 4.69) is 10.6 Å². The zero-order valence-corrected chi connectivity index (χ0v) is 21.5. The fourth-order valence-electron chi connectivity index (χ4n) is 4.99. The molecule has 3 rings (SSSR count). The summed E-state index contributed by atoms with van der Waals surface area (Å²) in [5.74, 6) is -0.521. The molecule has 0 radical (unpaired) electrons. The van der Waals surface area contributed by atoms with E-state index in [-0.39, 0.29) is 24.2 Å². The van der Waals surface area contributed by atoms with E-state index in [9.17, 15) is 19.5 Å². The summed E-state index contributed by atoms with van der Waals surface area (Å²) in [7, 11) is 0. The van der Waals surface area contributed by atoms with Gasteiger partial charge in [-0.3, -0.25) is 14.4 Å². The highest BCUT2D eigenvalue weighted by Gasteiger charge is 2.33. The summed E-state index contributed by atoms with van der Waals surface area (Å²) in [6.07, 6.45) is 5.29. The van der Waals surface area contributed by atoms with Crippen LogP contribution in [0.25, 0.3) is 0 Å². The molecule has 2 aromatic rings. The van der Waals surface area contributed by atoms with Gasteiger partial charge in [0.1, 0.15) is 12.1 Å². The number of ketones is 1. The van der Waals surface area contributed by atoms with E-state index < -0.39 is 24.0 Å². The molecular formula is C30H40N2O4. The average molecular weight is 493 g/mol. The molecule has 6 heteroatoms. The number of carbonyl (C=O) groups excluding carboxylic acids is 3. The van der Waals surface area contributed by atoms with Crippen LogP contribution in [0, 0.1) is 11.8 Å². The van der Waals surface area contributed by atoms with E-state index in [1.54, 1.807) is 24.3 Å². The topological polar surface area (TPSA) is 95.5 Å². The zero-order chi connectivity index (χ0) is 25.9. The number of hydrogen-bond donors (Lipinski definition) is 3. The molecule has 1 aliphatic carbocycles. The highest BCUT2D eigenvalue weighted by atomic mass is 16.3. The molecule has 3 N–H and O–H groups in total. The second-order valence-electron chi connectivity index (χ2n) is 10.4. The van der Waals surface area contributed by atoms with E-state index >= 15 is 0 Å². The third-order valence-corrected chi connectivity index (χ3v) is 6.90. The monoisotopic (exact) mass is 492 g/mol. The van der Waals surface area contributed by atoms with Gasteiger partial charge in [0, 0.05) is 0 Å². The second-order valence-corrected chi connectivity index (χ2v) is 10.4. The van der Waals surface area contributed by atoms with Gasteiger partial charge in [-0.15, -0.1) is 0 Å². The van der Waals surface area contributed by atoms with E-state index in [4.69, 9.17) is 0 Å². The number of aliphatic hydroxyl groups excluding tert-OH is 1. The number of Topliss-reactive ketones (excluding diaryl/α,β-unsaturated/α-hetero) is 1. The number of hydrogen-bond acceptors (Lipinski definition) is 4. The maximum atomic E-state index is 13.4. The van der Waals surface area contributed by atoms with Gasteiger partial charge in [0.25, 0.3) is 0 Å². The number of carbonyl (C=O) groups is 3. The van der Waals surface area contributed by atoms with Gasteiger partial charge < -0.3 is 15.7 Å². The Morgan fingerprint density at radius 3 is 2.08 bits per heavy atom. The van der Waals surface area contributed by atoms with Gasteiger partial charge in [0.2, 0.25) is 11.8 Å². The van der Waals surface area contributed by atoms with Crippen LogP contribution in [0.4, 0.5) is 0 Å². The van der Waals surface area contributed by atoms with Crippen molar-refractivity contribution in [2.45, 2.75) is 83.4 Å². The van der Waals surface area contributed by atoms with Crippen molar-refractivity contribution in [1.29, 1.82) is 0 Å². The van der Waals surface area contributed by atoms with Gasteiger partial charge in [0.15, 0.2) is 5.78 Å². The van der Waals surface area contributed by atoms with E-state index in [1.165, 1.54) is 6.42 Å². The van der Waals surface area contributed by atoms with Crippen molar-refractivity contribution in [3.05, 3.63) is 71.8 Å². The van der Waals surface area contributed by atoms with Crippen molar-refractivity contribution in [3.8, 4) is 0 Å². The van der Waals surface area contributed by atoms with Crippen LogP contribution in [-0.2, 0) is 20.8 Å². The summed E-state index contributed by atoms with van der Waals surface area (Å²) >= 11 is 0. The fourth-order valence-corrected chi connectivity index (χ4v) is 4.99. The summed E-state index contributed by atoms with van der Waals surface area (Å²) in [5.41, 5.74) is 1.38. The quantitative estimate of drug-likeness (QED) is 0.406. The number of amides is 2. The van der Waals surface area contributed by atoms with Gasteiger partial charge in [-0.05, 0) is 35.8 Å². The first kappa shape index (κ1) is 27.6. The Bertz CT molecular complexity index is 971. The maximum absolute atomic E-state index is 13.4. The standard InChI is InChI=1S/C30H40N2O4/c1-21(2)18-26(31-27(33)20-23-14-8-4-9-15-23)30(36)32-25(19-22-12-6-3-7-13-22)29(35)28(34)24-16-10-5-11-17-24/h4-5,8-11,14-17,21-22,25-26,28,34H,3,6-7,12-13,18-20H2,1-2H3,(H,31,33)(H,32,36)/t25-,26-,28?/m0/s1. The van der Waals surface area contributed by atoms with Gasteiger partial charge >= 0.3 is 0 Å². The van der Waals surface area contributed by atoms with Gasteiger partial charge in [-0.1, -0.05) is 107 Å². The lowest BCUT2D eigenvalue weighted by Crippen LogP contribution is -2.53. The molecular weight excluding hydrogens is 452 g/mol. The molecule has 0 saturated heterocycles. The molecule has 0 aromatic heterocycles. The van der Waals surface area contributed by atoms with Crippen molar-refractivity contribution in [2.24, 2.45) is 11.8 Å². The molecule has 0 spiro atoms. The smallest absolute Gasteiger partial charge is 0.243 e. The molecule has 194 valence electrons. The van der Waals surface area contributed by atoms with Crippen molar-refractivity contribution in [3.63, 3.8) is 0 Å². The van der Waals surface area contributed by atoms with Gasteiger partial charge in [0.05, 0.1) is 12.5 Å². The normalized spacial score (nSPS) is 16.7. The fraction of sp³-hybridized carbons (Fsp3) is 0.500. The van der Waals surface area contributed by atoms with Crippen molar-refractivity contribution in [2.75, 3.05) is 0 Å². The summed E-state index contributed by atoms with van der Waals surface area (Å²) in [4.78, 5) is 39.6. The summed E-state index contributed by atoms with van der Waals surface area (Å²) in [5, 5.41) is 16.6. The summed E-state index contributed by atoms with van der Waals surface area (Å²) in [6.45, 7) is 3.99. The van der Waals surface area contributed by atoms with Gasteiger partial charge in [-0.25, -0.2) is 0 Å². The number of benzene rings is 2. The zero-order valence-electron chi connectivity index (χ0n) is 21.5. The third-order valence-electron chi connectivity index (χ3n) is 6.90. The molecule has 3 atom stereocenters. The Kier molecular flexibility index (Phi) is 10.7. The minimum Gasteiger partial charge on any atom is -0.380 e. The lowest BCUT2D eigenvalue weighted by atomic mass is 9.83. The molecule has 0 bridgehead atoms. The molecule has 2 amide bonds. The number of rotatable bonds is 12. The van der Waals surface area contributed by atoms with Crippen LogP contribution in [0.15, 0.2) is 60.7 Å². The molecule has 0 heterocycles. The minimum atomic E-state index is -1.31. The number of nitrogens with one attached hydrogen (secondary N) is 2. The molecule has 1 aliphatic rings. The highest BCUT2D eigenvalue weighted by molar-refractivity contribution is 5.95. The molecule has 36 heavy (non-hydrogen) atoms. The first-order valence-corrected chi connectivity index (χ1v) is 13.2. The maximum Gasteiger partial charge on any atom is 0.243 e. The van der Waals surface area contributed by atoms with Crippen LogP contribution < -0.4 is 10.6 Å². The first-order chi connectivity index (χ1) is 17.3. The van der Waals surface area contributed by atoms with Crippen molar-refractivity contribution in [1.82, 2.24) is 10.6 Å². The lowest BCUT2D eigenvalue weighted by molar-refractivity contribution is -0.135. The Morgan fingerprint density at radius 1 is 0.861 bits per heavy atom. The molecule has 1 fully saturated rings. The second kappa shape index (κ2) is 13.9. The van der Waals surface area contributed by atoms with Crippen LogP contribution in [-0.4, -0.2) is 34.8 Å². The minimum absolute atomic E-state index is 0.167. The van der Waals surface area contributed by atoms with Crippen LogP contribution >= 0.6 is 0 Å². The Balaban J connectivity index is 1.73. The summed E-state index contributed by atoms with van der Waals surface area (Å²) < 4.78 is 0. The predicted octanol–water partition coefficient (Wildman–Crippen LogP) is 4.52. The third kappa shape index (κ3) is 8.59. The first-order valence-electron chi connectivity index (χ1n) is 13.2. The van der Waals surface area contributed by atoms with Crippen molar-refractivity contribution >= 4 is 17.6 Å².